The van der Waals surface area contributed by atoms with E-state index in [1.807, 2.05) is 0 Å². The molecule has 4 aromatic carbocycles. The molecular formula is C22H16IN3O7S2. The molecule has 0 saturated carbocycles. The SMILES string of the molecule is O=[N+]([O-])c1ccc(N(c2ccc(NS(=O)(=O)c3ccc(I)cc3)c3ccccc23)S(=O)(=O)O)cc1. The molecule has 0 aliphatic heterocycles. The fraction of sp³-hybridized carbons (Fsp3) is 0. The highest BCUT2D eigenvalue weighted by atomic mass is 127. The van der Waals surface area contributed by atoms with E-state index in [9.17, 15) is 31.5 Å². The summed E-state index contributed by atoms with van der Waals surface area (Å²) >= 11 is 2.06. The second-order valence-electron chi connectivity index (χ2n) is 7.25. The molecule has 0 aromatic heterocycles. The Labute approximate surface area is 214 Å². The van der Waals surface area contributed by atoms with Crippen molar-refractivity contribution in [3.05, 3.63) is 98.6 Å². The summed E-state index contributed by atoms with van der Waals surface area (Å²) in [6, 6.07) is 20.0. The molecule has 4 aromatic rings. The maximum Gasteiger partial charge on any atom is 0.364 e. The Bertz CT molecular complexity index is 1640. The average Bonchev–Trinajstić information content (AvgIpc) is 2.80. The van der Waals surface area contributed by atoms with Gasteiger partial charge in [0.1, 0.15) is 0 Å². The van der Waals surface area contributed by atoms with Crippen LogP contribution in [0, 0.1) is 13.7 Å². The van der Waals surface area contributed by atoms with Crippen molar-refractivity contribution in [3.63, 3.8) is 0 Å². The van der Waals surface area contributed by atoms with Crippen LogP contribution >= 0.6 is 22.6 Å². The number of nitro benzene ring substituents is 1. The summed E-state index contributed by atoms with van der Waals surface area (Å²) in [5, 5.41) is 11.6. The molecule has 10 nitrogen and oxygen atoms in total. The van der Waals surface area contributed by atoms with Gasteiger partial charge in [-0.2, -0.15) is 8.42 Å². The van der Waals surface area contributed by atoms with Crippen molar-refractivity contribution >= 4 is 76.4 Å². The van der Waals surface area contributed by atoms with E-state index >= 15 is 0 Å². The minimum Gasteiger partial charge on any atom is -0.279 e. The number of rotatable bonds is 7. The number of nitro groups is 1. The van der Waals surface area contributed by atoms with Gasteiger partial charge in [-0.25, -0.2) is 12.7 Å². The van der Waals surface area contributed by atoms with Crippen molar-refractivity contribution in [1.82, 2.24) is 0 Å². The highest BCUT2D eigenvalue weighted by Crippen LogP contribution is 2.38. The van der Waals surface area contributed by atoms with Crippen LogP contribution in [0.4, 0.5) is 22.7 Å². The van der Waals surface area contributed by atoms with Crippen molar-refractivity contribution in [3.8, 4) is 0 Å². The average molecular weight is 625 g/mol. The summed E-state index contributed by atoms with van der Waals surface area (Å²) in [6.07, 6.45) is 0. The van der Waals surface area contributed by atoms with Gasteiger partial charge >= 0.3 is 10.3 Å². The Morgan fingerprint density at radius 2 is 1.43 bits per heavy atom. The monoisotopic (exact) mass is 625 g/mol. The molecule has 0 aliphatic carbocycles. The number of halogens is 1. The molecule has 0 bridgehead atoms. The molecule has 35 heavy (non-hydrogen) atoms. The van der Waals surface area contributed by atoms with Crippen LogP contribution in [0.5, 0.6) is 0 Å². The summed E-state index contributed by atoms with van der Waals surface area (Å²) < 4.78 is 64.6. The maximum atomic E-state index is 12.9. The Morgan fingerprint density at radius 1 is 0.829 bits per heavy atom. The normalized spacial score (nSPS) is 11.8. The highest BCUT2D eigenvalue weighted by molar-refractivity contribution is 14.1. The van der Waals surface area contributed by atoms with Gasteiger partial charge in [0.2, 0.25) is 0 Å². The third-order valence-electron chi connectivity index (χ3n) is 5.01. The Balaban J connectivity index is 1.84. The molecular weight excluding hydrogens is 609 g/mol. The van der Waals surface area contributed by atoms with E-state index in [-0.39, 0.29) is 27.6 Å². The van der Waals surface area contributed by atoms with Crippen LogP contribution in [0.3, 0.4) is 0 Å². The smallest absolute Gasteiger partial charge is 0.279 e. The summed E-state index contributed by atoms with van der Waals surface area (Å²) in [4.78, 5) is 10.4. The zero-order valence-corrected chi connectivity index (χ0v) is 21.4. The van der Waals surface area contributed by atoms with Crippen LogP contribution in [0.1, 0.15) is 0 Å². The van der Waals surface area contributed by atoms with Crippen LogP contribution in [0.2, 0.25) is 0 Å². The summed E-state index contributed by atoms with van der Waals surface area (Å²) in [5.74, 6) is 0. The number of hydrogen-bond donors (Lipinski definition) is 2. The predicted molar refractivity (Wildman–Crippen MR) is 141 cm³/mol. The number of hydrogen-bond acceptors (Lipinski definition) is 6. The standard InChI is InChI=1S/C22H16IN3O7S2/c23-15-5-11-18(12-6-15)34(29,30)24-21-13-14-22(20-4-2-1-3-19(20)21)25(35(31,32)33)16-7-9-17(10-8-16)26(27)28/h1-14,24H,(H,31,32,33). The molecule has 13 heteroatoms. The quantitative estimate of drug-likeness (QED) is 0.126. The summed E-state index contributed by atoms with van der Waals surface area (Å²) in [7, 11) is -8.81. The number of benzene rings is 4. The Hall–Kier alpha value is -3.27. The van der Waals surface area contributed by atoms with E-state index in [0.29, 0.717) is 15.1 Å². The van der Waals surface area contributed by atoms with Crippen LogP contribution in [-0.2, 0) is 20.3 Å². The van der Waals surface area contributed by atoms with Crippen molar-refractivity contribution in [2.24, 2.45) is 0 Å². The molecule has 0 radical (unpaired) electrons. The number of sulfonamides is 1. The van der Waals surface area contributed by atoms with Gasteiger partial charge in [-0.1, -0.05) is 24.3 Å². The van der Waals surface area contributed by atoms with Gasteiger partial charge in [-0.3, -0.25) is 19.4 Å². The first-order chi connectivity index (χ1) is 16.5. The Kier molecular flexibility index (Phi) is 6.68. The second-order valence-corrected chi connectivity index (χ2v) is 11.4. The first-order valence-electron chi connectivity index (χ1n) is 9.80. The number of non-ortho nitro benzene ring substituents is 1. The Morgan fingerprint density at radius 3 is 2.00 bits per heavy atom. The van der Waals surface area contributed by atoms with E-state index in [1.165, 1.54) is 36.4 Å². The van der Waals surface area contributed by atoms with Crippen molar-refractivity contribution in [2.75, 3.05) is 9.03 Å². The minimum atomic E-state index is -4.87. The lowest BCUT2D eigenvalue weighted by Gasteiger charge is -2.23. The lowest BCUT2D eigenvalue weighted by atomic mass is 10.1. The van der Waals surface area contributed by atoms with Gasteiger partial charge in [0, 0.05) is 26.5 Å². The summed E-state index contributed by atoms with van der Waals surface area (Å²) in [6.45, 7) is 0. The van der Waals surface area contributed by atoms with Gasteiger partial charge in [0.25, 0.3) is 15.7 Å². The molecule has 0 heterocycles. The molecule has 4 rings (SSSR count). The highest BCUT2D eigenvalue weighted by Gasteiger charge is 2.26. The predicted octanol–water partition coefficient (Wildman–Crippen LogP) is 5.09. The second kappa shape index (κ2) is 9.41. The van der Waals surface area contributed by atoms with Crippen molar-refractivity contribution < 1.29 is 26.3 Å². The molecule has 0 spiro atoms. The topological polar surface area (TPSA) is 147 Å². The van der Waals surface area contributed by atoms with Gasteiger partial charge in [0.05, 0.1) is 26.9 Å². The fourth-order valence-corrected chi connectivity index (χ4v) is 5.71. The molecule has 0 saturated heterocycles. The van der Waals surface area contributed by atoms with E-state index in [4.69, 9.17) is 0 Å². The van der Waals surface area contributed by atoms with Gasteiger partial charge < -0.3 is 0 Å². The zero-order valence-electron chi connectivity index (χ0n) is 17.6. The van der Waals surface area contributed by atoms with Crippen molar-refractivity contribution in [1.29, 1.82) is 0 Å². The minimum absolute atomic E-state index is 0.0224. The lowest BCUT2D eigenvalue weighted by molar-refractivity contribution is -0.384. The number of nitrogens with zero attached hydrogens (tertiary/aromatic N) is 2. The third-order valence-corrected chi connectivity index (χ3v) is 7.98. The van der Waals surface area contributed by atoms with Gasteiger partial charge in [0.15, 0.2) is 0 Å². The van der Waals surface area contributed by atoms with Crippen LogP contribution < -0.4 is 9.03 Å². The first kappa shape index (κ1) is 24.8. The molecule has 0 aliphatic rings. The molecule has 0 atom stereocenters. The number of nitrogens with one attached hydrogen (secondary N) is 1. The largest absolute Gasteiger partial charge is 0.364 e. The van der Waals surface area contributed by atoms with Crippen LogP contribution in [-0.4, -0.2) is 26.3 Å². The van der Waals surface area contributed by atoms with Crippen molar-refractivity contribution in [2.45, 2.75) is 4.90 Å². The summed E-state index contributed by atoms with van der Waals surface area (Å²) in [5.41, 5.74) is -0.0826. The maximum absolute atomic E-state index is 12.9. The molecule has 0 unspecified atom stereocenters. The zero-order chi connectivity index (χ0) is 25.4. The van der Waals surface area contributed by atoms with E-state index < -0.39 is 25.3 Å². The first-order valence-corrected chi connectivity index (χ1v) is 13.8. The van der Waals surface area contributed by atoms with E-state index in [1.54, 1.807) is 36.4 Å². The van der Waals surface area contributed by atoms with Crippen LogP contribution in [0.15, 0.2) is 89.8 Å². The molecule has 2 N–H and O–H groups in total. The van der Waals surface area contributed by atoms with E-state index in [0.717, 1.165) is 15.7 Å². The van der Waals surface area contributed by atoms with Gasteiger partial charge in [-0.05, 0) is 71.1 Å². The number of anilines is 3. The van der Waals surface area contributed by atoms with Crippen LogP contribution in [0.25, 0.3) is 10.8 Å². The lowest BCUT2D eigenvalue weighted by Crippen LogP contribution is -2.25. The molecule has 180 valence electrons. The third kappa shape index (κ3) is 5.22. The van der Waals surface area contributed by atoms with E-state index in [2.05, 4.69) is 27.3 Å². The fourth-order valence-electron chi connectivity index (χ4n) is 3.47. The molecule has 0 amide bonds. The molecule has 0 fully saturated rings. The number of fused-ring (bicyclic) bond motifs is 1. The van der Waals surface area contributed by atoms with Gasteiger partial charge in [-0.15, -0.1) is 0 Å².